The molecule has 4 nitrogen and oxygen atoms in total. The van der Waals surface area contributed by atoms with Crippen LogP contribution in [0, 0.1) is 5.92 Å². The van der Waals surface area contributed by atoms with Crippen molar-refractivity contribution in [3.63, 3.8) is 0 Å². The molecule has 2 N–H and O–H groups in total. The third-order valence-electron chi connectivity index (χ3n) is 4.58. The van der Waals surface area contributed by atoms with Crippen LogP contribution in [0.25, 0.3) is 0 Å². The van der Waals surface area contributed by atoms with Gasteiger partial charge < -0.3 is 15.4 Å². The number of hydrogen-bond acceptors (Lipinski definition) is 2. The number of hydrogen-bond donors (Lipinski definition) is 2. The summed E-state index contributed by atoms with van der Waals surface area (Å²) in [4.78, 5) is 4.29. The molecule has 2 rings (SSSR count). The first kappa shape index (κ1) is 16.3. The van der Waals surface area contributed by atoms with E-state index in [1.807, 2.05) is 7.05 Å². The lowest BCUT2D eigenvalue weighted by Gasteiger charge is -2.16. The van der Waals surface area contributed by atoms with Gasteiger partial charge in [0.2, 0.25) is 0 Å². The molecule has 1 aliphatic carbocycles. The van der Waals surface area contributed by atoms with Gasteiger partial charge in [-0.25, -0.2) is 0 Å². The predicted molar refractivity (Wildman–Crippen MR) is 88.7 cm³/mol. The summed E-state index contributed by atoms with van der Waals surface area (Å²) in [6.07, 6.45) is 12.8. The van der Waals surface area contributed by atoms with E-state index in [1.54, 1.807) is 0 Å². The summed E-state index contributed by atoms with van der Waals surface area (Å²) in [5, 5.41) is 6.83. The zero-order chi connectivity index (χ0) is 14.8. The minimum Gasteiger partial charge on any atom is -0.377 e. The first-order chi connectivity index (χ1) is 10.4. The summed E-state index contributed by atoms with van der Waals surface area (Å²) in [5.41, 5.74) is 1.51. The van der Waals surface area contributed by atoms with Crippen LogP contribution in [0.2, 0.25) is 0 Å². The van der Waals surface area contributed by atoms with Gasteiger partial charge in [0.25, 0.3) is 0 Å². The molecular weight excluding hydrogens is 262 g/mol. The van der Waals surface area contributed by atoms with Crippen LogP contribution >= 0.6 is 0 Å². The van der Waals surface area contributed by atoms with Gasteiger partial charge in [-0.05, 0) is 31.6 Å². The van der Waals surface area contributed by atoms with Gasteiger partial charge in [-0.15, -0.1) is 0 Å². The molecule has 1 aliphatic heterocycles. The smallest absolute Gasteiger partial charge is 0.190 e. The Kier molecular flexibility index (Phi) is 7.65. The van der Waals surface area contributed by atoms with E-state index in [-0.39, 0.29) is 0 Å². The lowest BCUT2D eigenvalue weighted by Crippen LogP contribution is -2.38. The van der Waals surface area contributed by atoms with Crippen LogP contribution in [0.1, 0.15) is 51.4 Å². The molecule has 1 fully saturated rings. The monoisotopic (exact) mass is 293 g/mol. The molecule has 0 spiro atoms. The van der Waals surface area contributed by atoms with Gasteiger partial charge in [0.15, 0.2) is 5.96 Å². The van der Waals surface area contributed by atoms with Gasteiger partial charge in [-0.1, -0.05) is 37.3 Å². The van der Waals surface area contributed by atoms with Crippen molar-refractivity contribution in [3.05, 3.63) is 11.6 Å². The summed E-state index contributed by atoms with van der Waals surface area (Å²) >= 11 is 0. The molecule has 0 atom stereocenters. The lowest BCUT2D eigenvalue weighted by molar-refractivity contribution is 0.153. The lowest BCUT2D eigenvalue weighted by atomic mass is 10.0. The highest BCUT2D eigenvalue weighted by atomic mass is 16.5. The van der Waals surface area contributed by atoms with Gasteiger partial charge >= 0.3 is 0 Å². The second kappa shape index (κ2) is 9.82. The Morgan fingerprint density at radius 1 is 1.29 bits per heavy atom. The molecule has 0 amide bonds. The molecule has 0 aromatic heterocycles. The minimum atomic E-state index is 0.781. The highest BCUT2D eigenvalue weighted by molar-refractivity contribution is 5.79. The Bertz CT molecular complexity index is 346. The Balaban J connectivity index is 1.52. The minimum absolute atomic E-state index is 0.781. The molecular formula is C17H31N3O. The van der Waals surface area contributed by atoms with E-state index in [0.717, 1.165) is 51.0 Å². The fraction of sp³-hybridized carbons (Fsp3) is 0.824. The Hall–Kier alpha value is -1.03. The number of nitrogens with one attached hydrogen (secondary N) is 2. The summed E-state index contributed by atoms with van der Waals surface area (Å²) in [6, 6.07) is 0. The maximum absolute atomic E-state index is 5.32. The van der Waals surface area contributed by atoms with E-state index in [0.29, 0.717) is 0 Å². The molecule has 4 heteroatoms. The van der Waals surface area contributed by atoms with Crippen molar-refractivity contribution in [3.8, 4) is 0 Å². The molecule has 0 aromatic rings. The topological polar surface area (TPSA) is 45.7 Å². The molecule has 21 heavy (non-hydrogen) atoms. The maximum Gasteiger partial charge on any atom is 0.190 e. The Morgan fingerprint density at radius 2 is 2.10 bits per heavy atom. The van der Waals surface area contributed by atoms with Crippen LogP contribution in [0.3, 0.4) is 0 Å². The van der Waals surface area contributed by atoms with E-state index in [2.05, 4.69) is 21.7 Å². The zero-order valence-corrected chi connectivity index (χ0v) is 13.5. The van der Waals surface area contributed by atoms with Crippen LogP contribution in [0.5, 0.6) is 0 Å². The highest BCUT2D eigenvalue weighted by Crippen LogP contribution is 2.28. The van der Waals surface area contributed by atoms with Gasteiger partial charge in [0.1, 0.15) is 0 Å². The van der Waals surface area contributed by atoms with E-state index in [1.165, 1.54) is 44.1 Å². The van der Waals surface area contributed by atoms with E-state index < -0.39 is 0 Å². The molecule has 0 radical (unpaired) electrons. The second-order valence-electron chi connectivity index (χ2n) is 6.16. The standard InChI is InChI=1S/C17H31N3O/c1-18-17(19-11-4-7-15-5-2-3-6-15)20-12-8-16-9-13-21-14-10-16/h9,15H,2-8,10-14H2,1H3,(H2,18,19,20). The maximum atomic E-state index is 5.32. The number of nitrogens with zero attached hydrogens (tertiary/aromatic N) is 1. The van der Waals surface area contributed by atoms with Crippen molar-refractivity contribution in [2.24, 2.45) is 10.9 Å². The summed E-state index contributed by atoms with van der Waals surface area (Å²) in [6.45, 7) is 3.64. The Labute approximate surface area is 129 Å². The number of guanidine groups is 1. The van der Waals surface area contributed by atoms with Crippen LogP contribution in [-0.4, -0.2) is 39.3 Å². The second-order valence-corrected chi connectivity index (χ2v) is 6.16. The van der Waals surface area contributed by atoms with Gasteiger partial charge in [0.05, 0.1) is 13.2 Å². The number of rotatable bonds is 7. The van der Waals surface area contributed by atoms with Gasteiger partial charge in [0, 0.05) is 20.1 Å². The van der Waals surface area contributed by atoms with Gasteiger partial charge in [-0.2, -0.15) is 0 Å². The zero-order valence-electron chi connectivity index (χ0n) is 13.5. The molecule has 0 saturated heterocycles. The van der Waals surface area contributed by atoms with Crippen molar-refractivity contribution < 1.29 is 4.74 Å². The third-order valence-corrected chi connectivity index (χ3v) is 4.58. The van der Waals surface area contributed by atoms with Crippen LogP contribution < -0.4 is 10.6 Å². The third kappa shape index (κ3) is 6.51. The number of aliphatic imine (C=N–C) groups is 1. The summed E-state index contributed by atoms with van der Waals surface area (Å²) in [7, 11) is 1.85. The van der Waals surface area contributed by atoms with Crippen molar-refractivity contribution in [2.75, 3.05) is 33.4 Å². The van der Waals surface area contributed by atoms with E-state index in [4.69, 9.17) is 4.74 Å². The van der Waals surface area contributed by atoms with Gasteiger partial charge in [-0.3, -0.25) is 4.99 Å². The van der Waals surface area contributed by atoms with Crippen molar-refractivity contribution in [2.45, 2.75) is 51.4 Å². The highest BCUT2D eigenvalue weighted by Gasteiger charge is 2.14. The predicted octanol–water partition coefficient (Wildman–Crippen LogP) is 2.86. The van der Waals surface area contributed by atoms with Crippen molar-refractivity contribution in [1.29, 1.82) is 0 Å². The molecule has 120 valence electrons. The average Bonchev–Trinajstić information content (AvgIpc) is 3.04. The fourth-order valence-electron chi connectivity index (χ4n) is 3.25. The van der Waals surface area contributed by atoms with Crippen LogP contribution in [0.4, 0.5) is 0 Å². The number of ether oxygens (including phenoxy) is 1. The van der Waals surface area contributed by atoms with Crippen LogP contribution in [0.15, 0.2) is 16.6 Å². The average molecular weight is 293 g/mol. The molecule has 1 heterocycles. The summed E-state index contributed by atoms with van der Waals surface area (Å²) < 4.78 is 5.32. The van der Waals surface area contributed by atoms with E-state index in [9.17, 15) is 0 Å². The largest absolute Gasteiger partial charge is 0.377 e. The fourth-order valence-corrected chi connectivity index (χ4v) is 3.25. The molecule has 0 unspecified atom stereocenters. The molecule has 0 aromatic carbocycles. The van der Waals surface area contributed by atoms with E-state index >= 15 is 0 Å². The quantitative estimate of drug-likeness (QED) is 0.328. The summed E-state index contributed by atoms with van der Waals surface area (Å²) in [5.74, 6) is 1.93. The Morgan fingerprint density at radius 3 is 2.81 bits per heavy atom. The first-order valence-corrected chi connectivity index (χ1v) is 8.58. The SMILES string of the molecule is CN=C(NCCCC1CCCC1)NCCC1=CCOCC1. The molecule has 1 saturated carbocycles. The van der Waals surface area contributed by atoms with Crippen molar-refractivity contribution in [1.82, 2.24) is 10.6 Å². The van der Waals surface area contributed by atoms with Crippen molar-refractivity contribution >= 4 is 5.96 Å². The molecule has 0 bridgehead atoms. The first-order valence-electron chi connectivity index (χ1n) is 8.58. The van der Waals surface area contributed by atoms with Crippen LogP contribution in [-0.2, 0) is 4.74 Å². The normalized spacial score (nSPS) is 20.4. The molecule has 2 aliphatic rings.